The third-order valence-electron chi connectivity index (χ3n) is 18.9. The lowest BCUT2D eigenvalue weighted by Gasteiger charge is -2.44. The van der Waals surface area contributed by atoms with Crippen molar-refractivity contribution in [2.24, 2.45) is 28.8 Å². The van der Waals surface area contributed by atoms with E-state index in [1.54, 1.807) is 53.5 Å². The number of azide groups is 1. The molecule has 0 bridgehead atoms. The number of hydrogen-bond donors (Lipinski definition) is 2. The van der Waals surface area contributed by atoms with E-state index in [1.165, 1.54) is 56.0 Å². The van der Waals surface area contributed by atoms with Gasteiger partial charge in [0.2, 0.25) is 36.0 Å². The zero-order valence-electron chi connectivity index (χ0n) is 65.7. The fourth-order valence-electron chi connectivity index (χ4n) is 13.5. The van der Waals surface area contributed by atoms with Crippen LogP contribution < -0.4 is 15.4 Å². The molecule has 2 aliphatic rings. The summed E-state index contributed by atoms with van der Waals surface area (Å²) in [5.41, 5.74) is 9.70. The molecule has 2 N–H and O–H groups in total. The summed E-state index contributed by atoms with van der Waals surface area (Å²) in [4.78, 5) is 158. The van der Waals surface area contributed by atoms with Crippen molar-refractivity contribution < 1.29 is 119 Å². The van der Waals surface area contributed by atoms with Crippen LogP contribution in [-0.4, -0.2) is 259 Å². The topological polar surface area (TPSA) is 404 Å². The third kappa shape index (κ3) is 26.0. The fraction of sp³-hybridized carbons (Fsp3) is 0.667. The molecule has 0 saturated carbocycles. The van der Waals surface area contributed by atoms with E-state index in [2.05, 4.69) is 20.7 Å². The zero-order valence-corrected chi connectivity index (χ0v) is 65.7. The van der Waals surface area contributed by atoms with E-state index >= 15 is 4.79 Å². The molecule has 1 aromatic heterocycles. The summed E-state index contributed by atoms with van der Waals surface area (Å²) >= 11 is 0. The molecule has 34 heteroatoms. The van der Waals surface area contributed by atoms with Crippen molar-refractivity contribution in [1.29, 1.82) is 0 Å². The number of nitrogens with one attached hydrogen (secondary N) is 2. The molecule has 3 heterocycles. The molecule has 5 amide bonds. The molecule has 2 aromatic carbocycles. The molecule has 109 heavy (non-hydrogen) atoms. The van der Waals surface area contributed by atoms with E-state index < -0.39 is 164 Å². The van der Waals surface area contributed by atoms with Crippen molar-refractivity contribution in [3.05, 3.63) is 75.8 Å². The Kier molecular flexibility index (Phi) is 37.4. The van der Waals surface area contributed by atoms with Gasteiger partial charge in [-0.15, -0.1) is 0 Å². The highest BCUT2D eigenvalue weighted by molar-refractivity contribution is 5.99. The molecule has 2 aliphatic heterocycles. The maximum atomic E-state index is 15.1. The van der Waals surface area contributed by atoms with Crippen molar-refractivity contribution in [3.8, 4) is 5.75 Å². The lowest BCUT2D eigenvalue weighted by atomic mass is 9.89. The molecule has 2 unspecified atom stereocenters. The maximum absolute atomic E-state index is 15.1. The fourth-order valence-corrected chi connectivity index (χ4v) is 13.5. The van der Waals surface area contributed by atoms with Crippen LogP contribution >= 0.6 is 0 Å². The smallest absolute Gasteiger partial charge is 0.410 e. The van der Waals surface area contributed by atoms with Crippen molar-refractivity contribution in [1.82, 2.24) is 29.9 Å². The quantitative estimate of drug-likeness (QED) is 0.0159. The van der Waals surface area contributed by atoms with Crippen LogP contribution in [0.25, 0.3) is 21.3 Å². The van der Waals surface area contributed by atoms with Gasteiger partial charge in [-0.25, -0.2) is 14.4 Å². The summed E-state index contributed by atoms with van der Waals surface area (Å²) in [7, 11) is 7.16. The monoisotopic (exact) mass is 1540 g/mol. The van der Waals surface area contributed by atoms with Gasteiger partial charge < -0.3 is 91.3 Å². The Morgan fingerprint density at radius 3 is 1.93 bits per heavy atom. The molecule has 606 valence electrons. The molecule has 0 radical (unpaired) electrons. The number of nitrogens with zero attached hydrogens (tertiary/aromatic N) is 7. The van der Waals surface area contributed by atoms with Crippen LogP contribution in [0.15, 0.2) is 53.6 Å². The van der Waals surface area contributed by atoms with Gasteiger partial charge >= 0.3 is 41.9 Å². The molecule has 2 saturated heterocycles. The Balaban J connectivity index is 1.43. The van der Waals surface area contributed by atoms with Crippen LogP contribution in [0.1, 0.15) is 130 Å². The lowest BCUT2D eigenvalue weighted by Crippen LogP contribution is -2.63. The maximum Gasteiger partial charge on any atom is 0.410 e. The molecular weight excluding hydrogens is 1430 g/mol. The van der Waals surface area contributed by atoms with Crippen LogP contribution in [0.5, 0.6) is 5.75 Å². The lowest BCUT2D eigenvalue weighted by molar-refractivity contribution is -0.288. The average Bonchev–Trinajstić information content (AvgIpc) is 1.57. The number of esters is 6. The highest BCUT2D eigenvalue weighted by Crippen LogP contribution is 2.38. The average molecular weight is 1540 g/mol. The number of carbonyl (C=O) groups is 11. The van der Waals surface area contributed by atoms with Gasteiger partial charge in [0.1, 0.15) is 48.9 Å². The number of fused-ring (bicyclic) bond motifs is 1. The predicted octanol–water partition coefficient (Wildman–Crippen LogP) is 6.19. The first-order valence-corrected chi connectivity index (χ1v) is 36.7. The standard InChI is InChI=1S/C75H111N9O25/c1-18-45(7)63(58(96-15)40-60(89)83-30-23-26-55(83)65(97-16)46(8)69(90)78-54(72(93)98-17)38-51-24-21-20-22-25-51)81(13)71(92)61(43(3)4)79-70(91)62(44(5)6)82(14)75(95)104-41-52-27-28-57(108-74-68(107-50(12)88)67(106-49(11)87)66(105-48(10)86)59(109-74)42-103-47(9)85)64-53(52)39-56(73(94)102-19-2)84(64)31-33-100-35-37-101-36-34-99-32-29-77-80-76/h20-22,24-25,27-28,39,43-46,54-55,58-59,61-63,65-68,74H,18-19,23,26,29-38,40-42H2,1-17H3,(H,78,90)(H,79,91)/t45?,46-,54?,55+,58-,59-,61+,62+,63+,65-,66+,67+,68-,74-/m1/s1. The van der Waals surface area contributed by atoms with Crippen LogP contribution in [0, 0.1) is 23.7 Å². The molecule has 0 aliphatic carbocycles. The number of likely N-dealkylation sites (N-methyl/N-ethyl adjacent to an activating group) is 2. The van der Waals surface area contributed by atoms with E-state index in [4.69, 9.17) is 71.8 Å². The number of rotatable bonds is 44. The van der Waals surface area contributed by atoms with Gasteiger partial charge in [0, 0.05) is 92.4 Å². The van der Waals surface area contributed by atoms with E-state index in [9.17, 15) is 47.9 Å². The summed E-state index contributed by atoms with van der Waals surface area (Å²) in [5.74, 6) is -9.00. The summed E-state index contributed by atoms with van der Waals surface area (Å²) in [6.45, 7) is 18.5. The molecule has 3 aromatic rings. The molecule has 5 rings (SSSR count). The van der Waals surface area contributed by atoms with Crippen molar-refractivity contribution in [2.45, 2.75) is 201 Å². The number of amides is 5. The number of ether oxygens (including phenoxy) is 14. The molecule has 14 atom stereocenters. The molecule has 0 spiro atoms. The van der Waals surface area contributed by atoms with Gasteiger partial charge in [-0.1, -0.05) is 96.4 Å². The van der Waals surface area contributed by atoms with E-state index in [-0.39, 0.29) is 112 Å². The van der Waals surface area contributed by atoms with E-state index in [0.29, 0.717) is 25.8 Å². The van der Waals surface area contributed by atoms with Crippen LogP contribution in [-0.2, 0) is 124 Å². The van der Waals surface area contributed by atoms with Crippen LogP contribution in [0.4, 0.5) is 4.79 Å². The van der Waals surface area contributed by atoms with Gasteiger partial charge in [-0.3, -0.25) is 43.3 Å². The predicted molar refractivity (Wildman–Crippen MR) is 391 cm³/mol. The Bertz CT molecular complexity index is 3570. The minimum atomic E-state index is -1.75. The third-order valence-corrected chi connectivity index (χ3v) is 18.9. The first-order chi connectivity index (χ1) is 51.9. The SMILES string of the molecule is CCOC(=O)c1cc2c(COC(=O)N(C)[C@H](C(=O)N[C@H](C(=O)N(C)[C@@H](C(C)CC)[C@@H](CC(=O)N3CCC[C@H]3[C@H](OC)[C@@H](C)C(=O)NC(Cc3ccccc3)C(=O)OC)OC)C(C)C)C(C)C)ccc(O[C@@H]3O[C@H](COC(C)=O)[C@H](OC(C)=O)[C@H](OC(C)=O)[C@H]3OC(C)=O)c2n1CCOCCOCCOCCN=[N+]=[N-]. The van der Waals surface area contributed by atoms with Crippen LogP contribution in [0.3, 0.4) is 0 Å². The second kappa shape index (κ2) is 45.1. The highest BCUT2D eigenvalue weighted by Gasteiger charge is 2.54. The number of aromatic nitrogens is 1. The van der Waals surface area contributed by atoms with Gasteiger partial charge in [0.15, 0.2) is 12.2 Å². The van der Waals surface area contributed by atoms with E-state index in [0.717, 1.165) is 38.2 Å². The molecule has 2 fully saturated rings. The Hall–Kier alpha value is -9.18. The molecule has 34 nitrogen and oxygen atoms in total. The number of hydrogen-bond acceptors (Lipinski definition) is 26. The summed E-state index contributed by atoms with van der Waals surface area (Å²) < 4.78 is 82.5. The van der Waals surface area contributed by atoms with Gasteiger partial charge in [-0.05, 0) is 66.3 Å². The number of carbonyl (C=O) groups excluding carboxylic acids is 11. The molecular formula is C75H111N9O25. The number of benzene rings is 2. The first-order valence-electron chi connectivity index (χ1n) is 36.7. The second-order valence-electron chi connectivity index (χ2n) is 27.3. The normalized spacial score (nSPS) is 19.1. The van der Waals surface area contributed by atoms with Gasteiger partial charge in [0.25, 0.3) is 0 Å². The van der Waals surface area contributed by atoms with Gasteiger partial charge in [0.05, 0.1) is 95.5 Å². The summed E-state index contributed by atoms with van der Waals surface area (Å²) in [6, 6.07) is 8.97. The van der Waals surface area contributed by atoms with E-state index in [1.807, 2.05) is 44.2 Å². The minimum absolute atomic E-state index is 0.0373. The highest BCUT2D eigenvalue weighted by atomic mass is 16.7. The van der Waals surface area contributed by atoms with Crippen molar-refractivity contribution in [2.75, 3.05) is 101 Å². The Labute approximate surface area is 636 Å². The zero-order chi connectivity index (χ0) is 80.8. The van der Waals surface area contributed by atoms with Crippen molar-refractivity contribution in [3.63, 3.8) is 0 Å². The first kappa shape index (κ1) is 90.4. The van der Waals surface area contributed by atoms with Crippen molar-refractivity contribution >= 4 is 76.4 Å². The minimum Gasteiger partial charge on any atom is -0.467 e. The number of likely N-dealkylation sites (tertiary alicyclic amines) is 1. The number of methoxy groups -OCH3 is 3. The summed E-state index contributed by atoms with van der Waals surface area (Å²) in [5, 5.41) is 9.44. The Morgan fingerprint density at radius 2 is 1.35 bits per heavy atom. The van der Waals surface area contributed by atoms with Gasteiger partial charge in [-0.2, -0.15) is 0 Å². The Morgan fingerprint density at radius 1 is 0.716 bits per heavy atom. The largest absolute Gasteiger partial charge is 0.467 e. The van der Waals surface area contributed by atoms with Crippen LogP contribution in [0.2, 0.25) is 0 Å². The summed E-state index contributed by atoms with van der Waals surface area (Å²) in [6.07, 6.45) is -8.88. The second-order valence-corrected chi connectivity index (χ2v) is 27.3.